The zero-order valence-corrected chi connectivity index (χ0v) is 19.7. The highest BCUT2D eigenvalue weighted by molar-refractivity contribution is 7.09. The summed E-state index contributed by atoms with van der Waals surface area (Å²) in [7, 11) is 0. The molecule has 4 rings (SSSR count). The molecule has 0 aliphatic carbocycles. The molecular formula is C23H20ClN5O3S. The van der Waals surface area contributed by atoms with Gasteiger partial charge in [-0.05, 0) is 51.1 Å². The van der Waals surface area contributed by atoms with Crippen LogP contribution in [0.1, 0.15) is 26.9 Å². The van der Waals surface area contributed by atoms with Crippen molar-refractivity contribution in [3.8, 4) is 17.1 Å². The van der Waals surface area contributed by atoms with Crippen LogP contribution in [0.3, 0.4) is 0 Å². The minimum Gasteiger partial charge on any atom is -0.451 e. The van der Waals surface area contributed by atoms with Crippen molar-refractivity contribution in [2.75, 3.05) is 11.9 Å². The summed E-state index contributed by atoms with van der Waals surface area (Å²) in [5.74, 6) is -0.860. The molecule has 0 aliphatic rings. The van der Waals surface area contributed by atoms with E-state index < -0.39 is 18.5 Å². The molecule has 168 valence electrons. The number of amides is 1. The van der Waals surface area contributed by atoms with Crippen LogP contribution in [0.2, 0.25) is 5.02 Å². The van der Waals surface area contributed by atoms with Crippen LogP contribution < -0.4 is 5.32 Å². The first-order chi connectivity index (χ1) is 15.8. The standard InChI is InChI=1S/C23H20ClN5O3S/c1-13-9-14(2)29(28-13)20-8-7-18(24)22(27-20)23(31)32-11-21(30)26-17-6-4-5-16(10-17)19-12-33-15(3)25-19/h4-10,12H,11H2,1-3H3,(H,26,30). The van der Waals surface area contributed by atoms with E-state index in [9.17, 15) is 9.59 Å². The lowest BCUT2D eigenvalue weighted by Crippen LogP contribution is -2.21. The van der Waals surface area contributed by atoms with E-state index in [1.54, 1.807) is 34.2 Å². The minimum absolute atomic E-state index is 0.0876. The number of nitrogens with zero attached hydrogens (tertiary/aromatic N) is 4. The number of rotatable bonds is 6. The number of aromatic nitrogens is 4. The number of pyridine rings is 1. The van der Waals surface area contributed by atoms with Gasteiger partial charge in [-0.15, -0.1) is 11.3 Å². The number of ether oxygens (including phenoxy) is 1. The normalized spacial score (nSPS) is 10.8. The molecule has 33 heavy (non-hydrogen) atoms. The first-order valence-corrected chi connectivity index (χ1v) is 11.3. The zero-order chi connectivity index (χ0) is 23.5. The molecule has 0 spiro atoms. The Labute approximate surface area is 199 Å². The van der Waals surface area contributed by atoms with Gasteiger partial charge >= 0.3 is 5.97 Å². The second-order valence-corrected chi connectivity index (χ2v) is 8.77. The second kappa shape index (κ2) is 9.51. The van der Waals surface area contributed by atoms with Gasteiger partial charge in [0, 0.05) is 22.3 Å². The topological polar surface area (TPSA) is 99.0 Å². The molecule has 4 aromatic rings. The Morgan fingerprint density at radius 1 is 1.12 bits per heavy atom. The van der Waals surface area contributed by atoms with Gasteiger partial charge in [0.1, 0.15) is 0 Å². The summed E-state index contributed by atoms with van der Waals surface area (Å²) in [4.78, 5) is 33.6. The summed E-state index contributed by atoms with van der Waals surface area (Å²) in [5, 5.41) is 10.1. The van der Waals surface area contributed by atoms with Crippen LogP contribution in [0.5, 0.6) is 0 Å². The van der Waals surface area contributed by atoms with Crippen LogP contribution in [0.25, 0.3) is 17.1 Å². The van der Waals surface area contributed by atoms with Crippen LogP contribution >= 0.6 is 22.9 Å². The minimum atomic E-state index is -0.801. The van der Waals surface area contributed by atoms with E-state index in [-0.39, 0.29) is 10.7 Å². The lowest BCUT2D eigenvalue weighted by Gasteiger charge is -2.09. The number of esters is 1. The molecule has 3 aromatic heterocycles. The Balaban J connectivity index is 1.41. The number of aryl methyl sites for hydroxylation is 3. The van der Waals surface area contributed by atoms with Gasteiger partial charge in [-0.25, -0.2) is 19.4 Å². The maximum Gasteiger partial charge on any atom is 0.359 e. The van der Waals surface area contributed by atoms with E-state index in [4.69, 9.17) is 16.3 Å². The molecule has 10 heteroatoms. The quantitative estimate of drug-likeness (QED) is 0.398. The summed E-state index contributed by atoms with van der Waals surface area (Å²) in [6, 6.07) is 12.4. The predicted molar refractivity (Wildman–Crippen MR) is 127 cm³/mol. The third-order valence-electron chi connectivity index (χ3n) is 4.65. The maximum absolute atomic E-state index is 12.6. The maximum atomic E-state index is 12.6. The zero-order valence-electron chi connectivity index (χ0n) is 18.1. The third-order valence-corrected chi connectivity index (χ3v) is 5.73. The number of hydrogen-bond donors (Lipinski definition) is 1. The third kappa shape index (κ3) is 5.27. The molecule has 0 fully saturated rings. The van der Waals surface area contributed by atoms with Crippen molar-refractivity contribution in [2.24, 2.45) is 0 Å². The Morgan fingerprint density at radius 3 is 2.64 bits per heavy atom. The largest absolute Gasteiger partial charge is 0.451 e. The molecule has 0 radical (unpaired) electrons. The Kier molecular flexibility index (Phi) is 6.52. The highest BCUT2D eigenvalue weighted by Crippen LogP contribution is 2.24. The van der Waals surface area contributed by atoms with Gasteiger partial charge in [0.2, 0.25) is 0 Å². The number of nitrogens with one attached hydrogen (secondary N) is 1. The predicted octanol–water partition coefficient (Wildman–Crippen LogP) is 4.76. The van der Waals surface area contributed by atoms with Crippen molar-refractivity contribution in [1.82, 2.24) is 19.7 Å². The van der Waals surface area contributed by atoms with E-state index >= 15 is 0 Å². The molecule has 0 aliphatic heterocycles. The van der Waals surface area contributed by atoms with Gasteiger partial charge in [-0.3, -0.25) is 4.79 Å². The molecule has 0 saturated heterocycles. The number of thiazole rings is 1. The molecule has 1 aromatic carbocycles. The van der Waals surface area contributed by atoms with E-state index in [0.29, 0.717) is 11.5 Å². The summed E-state index contributed by atoms with van der Waals surface area (Å²) in [6.07, 6.45) is 0. The molecular weight excluding hydrogens is 462 g/mol. The highest BCUT2D eigenvalue weighted by Gasteiger charge is 2.18. The summed E-state index contributed by atoms with van der Waals surface area (Å²) in [5.41, 5.74) is 3.88. The second-order valence-electron chi connectivity index (χ2n) is 7.30. The Morgan fingerprint density at radius 2 is 1.94 bits per heavy atom. The first kappa shape index (κ1) is 22.6. The van der Waals surface area contributed by atoms with Crippen LogP contribution in [-0.2, 0) is 9.53 Å². The number of anilines is 1. The Bertz CT molecular complexity index is 1350. The van der Waals surface area contributed by atoms with Crippen molar-refractivity contribution in [3.63, 3.8) is 0 Å². The van der Waals surface area contributed by atoms with Gasteiger partial charge in [-0.1, -0.05) is 23.7 Å². The number of carbonyl (C=O) groups is 2. The fraction of sp³-hybridized carbons (Fsp3) is 0.174. The number of halogens is 1. The molecule has 3 heterocycles. The number of benzene rings is 1. The fourth-order valence-corrected chi connectivity index (χ4v) is 4.01. The average Bonchev–Trinajstić information content (AvgIpc) is 3.37. The van der Waals surface area contributed by atoms with Crippen molar-refractivity contribution in [3.05, 3.63) is 75.0 Å². The summed E-state index contributed by atoms with van der Waals surface area (Å²) >= 11 is 7.70. The summed E-state index contributed by atoms with van der Waals surface area (Å²) < 4.78 is 6.75. The van der Waals surface area contributed by atoms with Gasteiger partial charge in [0.25, 0.3) is 5.91 Å². The average molecular weight is 482 g/mol. The lowest BCUT2D eigenvalue weighted by molar-refractivity contribution is -0.119. The monoisotopic (exact) mass is 481 g/mol. The van der Waals surface area contributed by atoms with Crippen LogP contribution in [-0.4, -0.2) is 38.2 Å². The molecule has 1 amide bonds. The van der Waals surface area contributed by atoms with Gasteiger partial charge in [0.15, 0.2) is 18.1 Å². The first-order valence-electron chi connectivity index (χ1n) is 10.00. The molecule has 0 unspecified atom stereocenters. The SMILES string of the molecule is Cc1cc(C)n(-c2ccc(Cl)c(C(=O)OCC(=O)Nc3cccc(-c4csc(C)n4)c3)n2)n1. The molecule has 0 atom stereocenters. The van der Waals surface area contributed by atoms with E-state index in [0.717, 1.165) is 27.7 Å². The smallest absolute Gasteiger partial charge is 0.359 e. The van der Waals surface area contributed by atoms with Gasteiger partial charge in [-0.2, -0.15) is 5.10 Å². The van der Waals surface area contributed by atoms with Crippen LogP contribution in [0.15, 0.2) is 47.8 Å². The van der Waals surface area contributed by atoms with Crippen LogP contribution in [0, 0.1) is 20.8 Å². The van der Waals surface area contributed by atoms with Crippen molar-refractivity contribution in [2.45, 2.75) is 20.8 Å². The van der Waals surface area contributed by atoms with E-state index in [2.05, 4.69) is 20.4 Å². The van der Waals surface area contributed by atoms with Gasteiger partial charge < -0.3 is 10.1 Å². The van der Waals surface area contributed by atoms with Gasteiger partial charge in [0.05, 0.1) is 21.4 Å². The highest BCUT2D eigenvalue weighted by atomic mass is 35.5. The Hall–Kier alpha value is -3.56. The van der Waals surface area contributed by atoms with Crippen molar-refractivity contribution >= 4 is 40.5 Å². The fourth-order valence-electron chi connectivity index (χ4n) is 3.20. The van der Waals surface area contributed by atoms with Crippen LogP contribution in [0.4, 0.5) is 5.69 Å². The molecule has 0 bridgehead atoms. The van der Waals surface area contributed by atoms with E-state index in [1.807, 2.05) is 50.4 Å². The van der Waals surface area contributed by atoms with Crippen molar-refractivity contribution < 1.29 is 14.3 Å². The van der Waals surface area contributed by atoms with E-state index in [1.165, 1.54) is 0 Å². The lowest BCUT2D eigenvalue weighted by atomic mass is 10.1. The molecule has 1 N–H and O–H groups in total. The number of carbonyl (C=O) groups excluding carboxylic acids is 2. The number of hydrogen-bond acceptors (Lipinski definition) is 7. The summed E-state index contributed by atoms with van der Waals surface area (Å²) in [6.45, 7) is 5.19. The molecule has 0 saturated carbocycles. The van der Waals surface area contributed by atoms with Crippen molar-refractivity contribution in [1.29, 1.82) is 0 Å². The molecule has 8 nitrogen and oxygen atoms in total.